The highest BCUT2D eigenvalue weighted by molar-refractivity contribution is 9.10. The number of aliphatic hydroxyl groups is 1. The molecule has 1 amide bonds. The average molecular weight is 414 g/mol. The molecule has 1 aliphatic carbocycles. The highest BCUT2D eigenvalue weighted by Gasteiger charge is 2.57. The van der Waals surface area contributed by atoms with Gasteiger partial charge in [0.2, 0.25) is 0 Å². The van der Waals surface area contributed by atoms with E-state index in [1.807, 2.05) is 37.3 Å². The van der Waals surface area contributed by atoms with Crippen LogP contribution in [0.15, 0.2) is 46.9 Å². The van der Waals surface area contributed by atoms with Gasteiger partial charge in [-0.05, 0) is 43.0 Å². The van der Waals surface area contributed by atoms with Crippen LogP contribution >= 0.6 is 15.9 Å². The molecule has 2 aromatic carbocycles. The largest absolute Gasteiger partial charge is 0.375 e. The number of fused-ring (bicyclic) bond motifs is 2. The first kappa shape index (κ1) is 17.4. The summed E-state index contributed by atoms with van der Waals surface area (Å²) in [6, 6.07) is 12.9. The number of halogens is 1. The second kappa shape index (κ2) is 6.32. The van der Waals surface area contributed by atoms with Crippen LogP contribution in [0.4, 0.5) is 5.69 Å². The molecule has 2 aromatic rings. The highest BCUT2D eigenvalue weighted by Crippen LogP contribution is 2.49. The fourth-order valence-electron chi connectivity index (χ4n) is 4.26. The van der Waals surface area contributed by atoms with E-state index in [9.17, 15) is 14.7 Å². The monoisotopic (exact) mass is 413 g/mol. The highest BCUT2D eigenvalue weighted by atomic mass is 79.9. The summed E-state index contributed by atoms with van der Waals surface area (Å²) in [6.07, 6.45) is 1.92. The summed E-state index contributed by atoms with van der Waals surface area (Å²) in [7, 11) is 0. The van der Waals surface area contributed by atoms with Crippen molar-refractivity contribution >= 4 is 33.3 Å². The van der Waals surface area contributed by atoms with Crippen LogP contribution in [0.3, 0.4) is 0 Å². The second-order valence-corrected chi connectivity index (χ2v) is 7.91. The van der Waals surface area contributed by atoms with Crippen LogP contribution < -0.4 is 4.90 Å². The SMILES string of the molecule is CCCN1C(=O)C(O)(C2CCc3ccccc3C2=O)c2cc(Br)ccc21. The second-order valence-electron chi connectivity index (χ2n) is 7.00. The third-order valence-electron chi connectivity index (χ3n) is 5.48. The van der Waals surface area contributed by atoms with Gasteiger partial charge in [0.15, 0.2) is 11.4 Å². The number of nitrogens with zero attached hydrogens (tertiary/aromatic N) is 1. The zero-order chi connectivity index (χ0) is 18.5. The number of Topliss-reactive ketones (excluding diaryl/α,β-unsaturated/α-hetero) is 1. The predicted molar refractivity (Wildman–Crippen MR) is 103 cm³/mol. The molecular formula is C21H20BrNO3. The lowest BCUT2D eigenvalue weighted by molar-refractivity contribution is -0.140. The van der Waals surface area contributed by atoms with E-state index in [1.165, 1.54) is 0 Å². The first-order valence-electron chi connectivity index (χ1n) is 8.95. The van der Waals surface area contributed by atoms with Crippen LogP contribution in [-0.4, -0.2) is 23.3 Å². The lowest BCUT2D eigenvalue weighted by Crippen LogP contribution is -2.49. The van der Waals surface area contributed by atoms with Crippen molar-refractivity contribution in [2.24, 2.45) is 5.92 Å². The lowest BCUT2D eigenvalue weighted by atomic mass is 9.71. The van der Waals surface area contributed by atoms with Gasteiger partial charge in [0, 0.05) is 22.1 Å². The Labute approximate surface area is 161 Å². The maximum atomic E-state index is 13.3. The fraction of sp³-hybridized carbons (Fsp3) is 0.333. The summed E-state index contributed by atoms with van der Waals surface area (Å²) in [4.78, 5) is 28.0. The van der Waals surface area contributed by atoms with Crippen molar-refractivity contribution in [2.75, 3.05) is 11.4 Å². The molecule has 5 heteroatoms. The molecule has 0 saturated carbocycles. The van der Waals surface area contributed by atoms with Gasteiger partial charge in [0.25, 0.3) is 5.91 Å². The molecule has 0 saturated heterocycles. The Balaban J connectivity index is 1.85. The van der Waals surface area contributed by atoms with Crippen molar-refractivity contribution in [3.05, 3.63) is 63.6 Å². The van der Waals surface area contributed by atoms with Gasteiger partial charge in [-0.2, -0.15) is 0 Å². The smallest absolute Gasteiger partial charge is 0.264 e. The van der Waals surface area contributed by atoms with Crippen LogP contribution in [0.5, 0.6) is 0 Å². The molecule has 26 heavy (non-hydrogen) atoms. The minimum atomic E-state index is -1.81. The number of rotatable bonds is 3. The molecule has 4 rings (SSSR count). The molecule has 2 atom stereocenters. The number of hydrogen-bond donors (Lipinski definition) is 1. The van der Waals surface area contributed by atoms with Gasteiger partial charge in [0.1, 0.15) is 0 Å². The number of aryl methyl sites for hydroxylation is 1. The summed E-state index contributed by atoms with van der Waals surface area (Å²) >= 11 is 3.43. The Bertz CT molecular complexity index is 910. The molecule has 4 nitrogen and oxygen atoms in total. The van der Waals surface area contributed by atoms with Crippen molar-refractivity contribution in [1.82, 2.24) is 0 Å². The van der Waals surface area contributed by atoms with Crippen LogP contribution in [0.1, 0.15) is 41.3 Å². The quantitative estimate of drug-likeness (QED) is 0.831. The van der Waals surface area contributed by atoms with E-state index < -0.39 is 11.5 Å². The van der Waals surface area contributed by atoms with Gasteiger partial charge in [-0.1, -0.05) is 47.1 Å². The Hall–Kier alpha value is -1.98. The van der Waals surface area contributed by atoms with Gasteiger partial charge >= 0.3 is 0 Å². The van der Waals surface area contributed by atoms with E-state index >= 15 is 0 Å². The van der Waals surface area contributed by atoms with Crippen molar-refractivity contribution < 1.29 is 14.7 Å². The van der Waals surface area contributed by atoms with E-state index in [0.29, 0.717) is 36.2 Å². The number of anilines is 1. The molecule has 1 N–H and O–H groups in total. The number of benzene rings is 2. The summed E-state index contributed by atoms with van der Waals surface area (Å²) in [6.45, 7) is 2.51. The van der Waals surface area contributed by atoms with Gasteiger partial charge in [-0.15, -0.1) is 0 Å². The van der Waals surface area contributed by atoms with Gasteiger partial charge < -0.3 is 10.0 Å². The topological polar surface area (TPSA) is 57.6 Å². The van der Waals surface area contributed by atoms with Crippen molar-refractivity contribution in [3.8, 4) is 0 Å². The molecule has 134 valence electrons. The third kappa shape index (κ3) is 2.37. The molecule has 2 unspecified atom stereocenters. The molecular weight excluding hydrogens is 394 g/mol. The Kier molecular flexibility index (Phi) is 4.24. The van der Waals surface area contributed by atoms with Crippen molar-refractivity contribution in [2.45, 2.75) is 31.8 Å². The summed E-state index contributed by atoms with van der Waals surface area (Å²) in [5, 5.41) is 11.6. The number of carbonyl (C=O) groups is 2. The summed E-state index contributed by atoms with van der Waals surface area (Å²) in [5.74, 6) is -1.29. The zero-order valence-corrected chi connectivity index (χ0v) is 16.1. The molecule has 0 bridgehead atoms. The van der Waals surface area contributed by atoms with E-state index in [4.69, 9.17) is 0 Å². The number of ketones is 1. The standard InChI is InChI=1S/C21H20BrNO3/c1-2-11-23-18-10-8-14(22)12-17(18)21(26,20(23)25)16-9-7-13-5-3-4-6-15(13)19(16)24/h3-6,8,10,12,16,26H,2,7,9,11H2,1H3. The van der Waals surface area contributed by atoms with Crippen molar-refractivity contribution in [3.63, 3.8) is 0 Å². The average Bonchev–Trinajstić information content (AvgIpc) is 2.85. The molecule has 1 heterocycles. The van der Waals surface area contributed by atoms with Crippen molar-refractivity contribution in [1.29, 1.82) is 0 Å². The predicted octanol–water partition coefficient (Wildman–Crippen LogP) is 3.84. The number of carbonyl (C=O) groups excluding carboxylic acids is 2. The van der Waals surface area contributed by atoms with Crippen LogP contribution in [-0.2, 0) is 16.8 Å². The van der Waals surface area contributed by atoms with Gasteiger partial charge in [-0.3, -0.25) is 9.59 Å². The maximum absolute atomic E-state index is 13.3. The Morgan fingerprint density at radius 3 is 2.77 bits per heavy atom. The first-order valence-corrected chi connectivity index (χ1v) is 9.74. The number of amides is 1. The fourth-order valence-corrected chi connectivity index (χ4v) is 4.62. The molecule has 0 spiro atoms. The Morgan fingerprint density at radius 2 is 2.00 bits per heavy atom. The Morgan fingerprint density at radius 1 is 1.23 bits per heavy atom. The van der Waals surface area contributed by atoms with Gasteiger partial charge in [0.05, 0.1) is 11.6 Å². The molecule has 2 aliphatic rings. The van der Waals surface area contributed by atoms with Crippen LogP contribution in [0.2, 0.25) is 0 Å². The van der Waals surface area contributed by atoms with E-state index in [0.717, 1.165) is 16.5 Å². The number of hydrogen-bond acceptors (Lipinski definition) is 3. The summed E-state index contributed by atoms with van der Waals surface area (Å²) in [5.41, 5.74) is 1.04. The normalized spacial score (nSPS) is 24.6. The van der Waals surface area contributed by atoms with Gasteiger partial charge in [-0.25, -0.2) is 0 Å². The zero-order valence-electron chi connectivity index (χ0n) is 14.5. The van der Waals surface area contributed by atoms with E-state index in [1.54, 1.807) is 17.0 Å². The minimum Gasteiger partial charge on any atom is -0.375 e. The molecule has 0 fully saturated rings. The lowest BCUT2D eigenvalue weighted by Gasteiger charge is -2.34. The molecule has 0 aromatic heterocycles. The van der Waals surface area contributed by atoms with E-state index in [-0.39, 0.29) is 11.7 Å². The maximum Gasteiger partial charge on any atom is 0.264 e. The molecule has 0 radical (unpaired) electrons. The van der Waals surface area contributed by atoms with Crippen LogP contribution in [0, 0.1) is 5.92 Å². The van der Waals surface area contributed by atoms with E-state index in [2.05, 4.69) is 15.9 Å². The third-order valence-corrected chi connectivity index (χ3v) is 5.98. The minimum absolute atomic E-state index is 0.146. The first-order chi connectivity index (χ1) is 12.5. The van der Waals surface area contributed by atoms with Crippen LogP contribution in [0.25, 0.3) is 0 Å². The molecule has 1 aliphatic heterocycles. The summed E-state index contributed by atoms with van der Waals surface area (Å²) < 4.78 is 0.782.